The molecular formula is C23H35N3O6. The summed E-state index contributed by atoms with van der Waals surface area (Å²) in [6.07, 6.45) is 5.17. The third-order valence-corrected chi connectivity index (χ3v) is 5.76. The van der Waals surface area contributed by atoms with Crippen LogP contribution in [0.25, 0.3) is 0 Å². The maximum Gasteiger partial charge on any atom is 0.319 e. The molecule has 1 aromatic rings. The number of carboxylic acid groups (broad SMARTS) is 1. The van der Waals surface area contributed by atoms with Crippen molar-refractivity contribution < 1.29 is 29.0 Å². The summed E-state index contributed by atoms with van der Waals surface area (Å²) in [4.78, 5) is 35.7. The lowest BCUT2D eigenvalue weighted by atomic mass is 9.83. The number of hydrogen-bond acceptors (Lipinski definition) is 5. The Morgan fingerprint density at radius 1 is 1.19 bits per heavy atom. The fourth-order valence-corrected chi connectivity index (χ4v) is 4.18. The zero-order valence-corrected chi connectivity index (χ0v) is 18.9. The van der Waals surface area contributed by atoms with E-state index in [1.54, 1.807) is 31.4 Å². The van der Waals surface area contributed by atoms with E-state index in [2.05, 4.69) is 17.6 Å². The van der Waals surface area contributed by atoms with Gasteiger partial charge in [-0.25, -0.2) is 4.79 Å². The van der Waals surface area contributed by atoms with Gasteiger partial charge in [0, 0.05) is 31.3 Å². The number of carbonyl (C=O) groups is 3. The normalized spacial score (nSPS) is 22.3. The van der Waals surface area contributed by atoms with Crippen LogP contribution in [0.2, 0.25) is 0 Å². The smallest absolute Gasteiger partial charge is 0.319 e. The number of benzene rings is 1. The van der Waals surface area contributed by atoms with Crippen LogP contribution < -0.4 is 15.4 Å². The Balaban J connectivity index is 0.00000114. The van der Waals surface area contributed by atoms with Crippen molar-refractivity contribution in [2.75, 3.05) is 32.1 Å². The van der Waals surface area contributed by atoms with Crippen molar-refractivity contribution in [1.29, 1.82) is 0 Å². The third kappa shape index (κ3) is 7.71. The van der Waals surface area contributed by atoms with Crippen LogP contribution in [0.5, 0.6) is 5.75 Å². The fourth-order valence-electron chi connectivity index (χ4n) is 4.18. The number of carbonyl (C=O) groups excluding carboxylic acids is 2. The molecule has 32 heavy (non-hydrogen) atoms. The average Bonchev–Trinajstić information content (AvgIpc) is 3.34. The molecule has 2 aliphatic rings. The minimum Gasteiger partial charge on any atom is -0.497 e. The highest BCUT2D eigenvalue weighted by molar-refractivity contribution is 5.89. The quantitative estimate of drug-likeness (QED) is 0.551. The lowest BCUT2D eigenvalue weighted by molar-refractivity contribution is -0.138. The molecule has 1 aliphatic carbocycles. The van der Waals surface area contributed by atoms with E-state index in [1.807, 2.05) is 4.90 Å². The van der Waals surface area contributed by atoms with Crippen molar-refractivity contribution in [1.82, 2.24) is 10.2 Å². The summed E-state index contributed by atoms with van der Waals surface area (Å²) in [5.74, 6) is 0.997. The highest BCUT2D eigenvalue weighted by atomic mass is 16.5. The Bertz CT molecular complexity index is 721. The van der Waals surface area contributed by atoms with Gasteiger partial charge in [0.05, 0.1) is 19.3 Å². The molecule has 1 heterocycles. The minimum atomic E-state index is -0.255. The predicted molar refractivity (Wildman–Crippen MR) is 121 cm³/mol. The van der Waals surface area contributed by atoms with Gasteiger partial charge in [-0.2, -0.15) is 0 Å². The van der Waals surface area contributed by atoms with E-state index in [1.165, 1.54) is 0 Å². The van der Waals surface area contributed by atoms with E-state index in [0.29, 0.717) is 18.7 Å². The summed E-state index contributed by atoms with van der Waals surface area (Å²) in [6.45, 7) is 4.20. The lowest BCUT2D eigenvalue weighted by Crippen LogP contribution is -2.51. The van der Waals surface area contributed by atoms with Gasteiger partial charge in [-0.3, -0.25) is 9.59 Å². The van der Waals surface area contributed by atoms with Crippen LogP contribution in [0.15, 0.2) is 24.3 Å². The molecule has 1 aliphatic heterocycles. The van der Waals surface area contributed by atoms with Crippen LogP contribution in [0.3, 0.4) is 0 Å². The van der Waals surface area contributed by atoms with Gasteiger partial charge in [-0.05, 0) is 62.8 Å². The van der Waals surface area contributed by atoms with E-state index < -0.39 is 0 Å². The molecule has 0 spiro atoms. The number of amides is 3. The Morgan fingerprint density at radius 2 is 1.84 bits per heavy atom. The Hall–Kier alpha value is -2.81. The van der Waals surface area contributed by atoms with Gasteiger partial charge < -0.3 is 30.1 Å². The van der Waals surface area contributed by atoms with E-state index in [0.717, 1.165) is 50.9 Å². The monoisotopic (exact) mass is 449 g/mol. The molecule has 1 saturated heterocycles. The molecule has 0 bridgehead atoms. The van der Waals surface area contributed by atoms with Crippen molar-refractivity contribution >= 4 is 24.1 Å². The van der Waals surface area contributed by atoms with Gasteiger partial charge in [0.1, 0.15) is 5.75 Å². The number of methoxy groups -OCH3 is 1. The molecule has 2 fully saturated rings. The average molecular weight is 450 g/mol. The zero-order chi connectivity index (χ0) is 23.3. The van der Waals surface area contributed by atoms with E-state index in [9.17, 15) is 9.59 Å². The summed E-state index contributed by atoms with van der Waals surface area (Å²) in [6, 6.07) is 6.86. The molecule has 3 rings (SSSR count). The molecule has 3 N–H and O–H groups in total. The third-order valence-electron chi connectivity index (χ3n) is 5.76. The van der Waals surface area contributed by atoms with E-state index >= 15 is 0 Å². The standard InChI is InChI=1S/C22H33N3O4.CH2O2/c1-3-14-29-20-15-16(21(26)25-12-4-5-13-25)6-11-19(20)24-22(27)23-17-7-9-18(28-2)10-8-17;2-1-3/h7-10,16,19-20H,3-6,11-15H2,1-2H3,(H2,23,24,27);1H,(H,2,3)/t16-,19+,20+;/m0./s1. The van der Waals surface area contributed by atoms with Gasteiger partial charge in [0.15, 0.2) is 0 Å². The Labute approximate surface area is 189 Å². The first kappa shape index (κ1) is 25.5. The zero-order valence-electron chi connectivity index (χ0n) is 18.9. The molecule has 1 aromatic carbocycles. The van der Waals surface area contributed by atoms with Crippen LogP contribution in [0, 0.1) is 5.92 Å². The number of rotatable bonds is 7. The van der Waals surface area contributed by atoms with Crippen LogP contribution in [0.1, 0.15) is 45.4 Å². The molecule has 0 radical (unpaired) electrons. The Morgan fingerprint density at radius 3 is 2.44 bits per heavy atom. The van der Waals surface area contributed by atoms with Crippen LogP contribution in [0.4, 0.5) is 10.5 Å². The minimum absolute atomic E-state index is 0.00217. The number of hydrogen-bond donors (Lipinski definition) is 3. The molecular weight excluding hydrogens is 414 g/mol. The van der Waals surface area contributed by atoms with Gasteiger partial charge in [0.2, 0.25) is 5.91 Å². The summed E-state index contributed by atoms with van der Waals surface area (Å²) >= 11 is 0. The molecule has 1 saturated carbocycles. The first-order valence-electron chi connectivity index (χ1n) is 11.2. The molecule has 3 amide bonds. The summed E-state index contributed by atoms with van der Waals surface area (Å²) in [7, 11) is 1.61. The summed E-state index contributed by atoms with van der Waals surface area (Å²) in [5.41, 5.74) is 0.701. The van der Waals surface area contributed by atoms with E-state index in [4.69, 9.17) is 19.4 Å². The van der Waals surface area contributed by atoms with E-state index in [-0.39, 0.29) is 36.5 Å². The number of anilines is 1. The second-order valence-corrected chi connectivity index (χ2v) is 7.99. The second-order valence-electron chi connectivity index (χ2n) is 7.99. The molecule has 0 unspecified atom stereocenters. The van der Waals surface area contributed by atoms with Crippen LogP contribution >= 0.6 is 0 Å². The predicted octanol–water partition coefficient (Wildman–Crippen LogP) is 3.10. The second kappa shape index (κ2) is 13.6. The maximum atomic E-state index is 12.8. The van der Waals surface area contributed by atoms with Crippen molar-refractivity contribution in [2.24, 2.45) is 5.92 Å². The first-order chi connectivity index (χ1) is 15.5. The molecule has 9 heteroatoms. The molecule has 3 atom stereocenters. The number of nitrogens with one attached hydrogen (secondary N) is 2. The number of nitrogens with zero attached hydrogens (tertiary/aromatic N) is 1. The summed E-state index contributed by atoms with van der Waals surface area (Å²) < 4.78 is 11.2. The van der Waals surface area contributed by atoms with Gasteiger partial charge in [-0.1, -0.05) is 6.92 Å². The van der Waals surface area contributed by atoms with Gasteiger partial charge >= 0.3 is 6.03 Å². The largest absolute Gasteiger partial charge is 0.497 e. The first-order valence-corrected chi connectivity index (χ1v) is 11.2. The lowest BCUT2D eigenvalue weighted by Gasteiger charge is -2.37. The SMILES string of the molecule is CCCO[C@@H]1C[C@@H](C(=O)N2CCCC2)CC[C@H]1NC(=O)Nc1ccc(OC)cc1.O=CO. The van der Waals surface area contributed by atoms with Crippen LogP contribution in [-0.4, -0.2) is 67.4 Å². The fraction of sp³-hybridized carbons (Fsp3) is 0.609. The van der Waals surface area contributed by atoms with Crippen molar-refractivity contribution in [3.05, 3.63) is 24.3 Å². The highest BCUT2D eigenvalue weighted by Crippen LogP contribution is 2.30. The Kier molecular flexibility index (Phi) is 10.8. The van der Waals surface area contributed by atoms with Gasteiger partial charge in [-0.15, -0.1) is 0 Å². The molecule has 9 nitrogen and oxygen atoms in total. The van der Waals surface area contributed by atoms with Crippen molar-refractivity contribution in [3.63, 3.8) is 0 Å². The van der Waals surface area contributed by atoms with Crippen LogP contribution in [-0.2, 0) is 14.3 Å². The molecule has 0 aromatic heterocycles. The maximum absolute atomic E-state index is 12.8. The van der Waals surface area contributed by atoms with Crippen molar-refractivity contribution in [2.45, 2.75) is 57.6 Å². The number of likely N-dealkylation sites (tertiary alicyclic amines) is 1. The highest BCUT2D eigenvalue weighted by Gasteiger charge is 2.37. The van der Waals surface area contributed by atoms with Crippen molar-refractivity contribution in [3.8, 4) is 5.75 Å². The number of urea groups is 1. The summed E-state index contributed by atoms with van der Waals surface area (Å²) in [5, 5.41) is 12.8. The molecule has 178 valence electrons. The number of ether oxygens (including phenoxy) is 2. The topological polar surface area (TPSA) is 117 Å². The van der Waals surface area contributed by atoms with Gasteiger partial charge in [0.25, 0.3) is 6.47 Å².